The Labute approximate surface area is 269 Å². The highest BCUT2D eigenvalue weighted by molar-refractivity contribution is 5.99. The summed E-state index contributed by atoms with van der Waals surface area (Å²) < 4.78 is 22.7. The summed E-state index contributed by atoms with van der Waals surface area (Å²) in [7, 11) is 4.52. The van der Waals surface area contributed by atoms with Crippen molar-refractivity contribution in [1.82, 2.24) is 14.7 Å². The van der Waals surface area contributed by atoms with E-state index >= 15 is 0 Å². The molecule has 2 aliphatic rings. The van der Waals surface area contributed by atoms with Gasteiger partial charge < -0.3 is 28.7 Å². The fourth-order valence-electron chi connectivity index (χ4n) is 6.51. The minimum Gasteiger partial charge on any atom is -0.493 e. The lowest BCUT2D eigenvalue weighted by Gasteiger charge is -2.41. The Morgan fingerprint density at radius 2 is 1.24 bits per heavy atom. The average Bonchev–Trinajstić information content (AvgIpc) is 3.57. The van der Waals surface area contributed by atoms with Crippen molar-refractivity contribution in [2.45, 2.75) is 18.2 Å². The molecule has 0 spiro atoms. The quantitative estimate of drug-likeness (QED) is 0.255. The molecule has 9 heteroatoms. The van der Waals surface area contributed by atoms with Crippen molar-refractivity contribution in [2.24, 2.45) is 0 Å². The molecule has 4 aromatic rings. The summed E-state index contributed by atoms with van der Waals surface area (Å²) in [5.74, 6) is 0.604. The molecule has 2 aliphatic heterocycles. The van der Waals surface area contributed by atoms with E-state index in [0.717, 1.165) is 5.56 Å². The fraction of sp³-hybridized carbons (Fsp3) is 0.297. The normalized spacial score (nSPS) is 18.4. The molecular formula is C37H39N3O6. The smallest absolute Gasteiger partial charge is 0.256 e. The van der Waals surface area contributed by atoms with E-state index in [1.807, 2.05) is 47.4 Å². The Balaban J connectivity index is 1.27. The molecule has 2 amide bonds. The number of amides is 2. The lowest BCUT2D eigenvalue weighted by atomic mass is 9.96. The summed E-state index contributed by atoms with van der Waals surface area (Å²) in [6.45, 7) is 2.39. The van der Waals surface area contributed by atoms with Crippen LogP contribution in [0.3, 0.4) is 0 Å². The van der Waals surface area contributed by atoms with Gasteiger partial charge in [0.25, 0.3) is 5.91 Å². The maximum atomic E-state index is 14.5. The highest BCUT2D eigenvalue weighted by Gasteiger charge is 2.46. The molecule has 2 unspecified atom stereocenters. The number of piperazine rings is 1. The van der Waals surface area contributed by atoms with E-state index in [1.54, 1.807) is 12.1 Å². The van der Waals surface area contributed by atoms with Crippen molar-refractivity contribution in [3.05, 3.63) is 125 Å². The molecule has 0 saturated carbocycles. The molecule has 2 heterocycles. The second-order valence-electron chi connectivity index (χ2n) is 11.3. The molecule has 0 N–H and O–H groups in total. The van der Waals surface area contributed by atoms with Crippen molar-refractivity contribution in [2.75, 3.05) is 54.2 Å². The van der Waals surface area contributed by atoms with Crippen LogP contribution < -0.4 is 14.2 Å². The van der Waals surface area contributed by atoms with Gasteiger partial charge in [0, 0.05) is 31.7 Å². The van der Waals surface area contributed by atoms with Crippen molar-refractivity contribution in [1.29, 1.82) is 0 Å². The first-order valence-corrected chi connectivity index (χ1v) is 15.4. The van der Waals surface area contributed by atoms with Crippen LogP contribution in [0.5, 0.6) is 17.2 Å². The molecule has 0 aliphatic carbocycles. The van der Waals surface area contributed by atoms with Gasteiger partial charge in [-0.3, -0.25) is 14.5 Å². The molecule has 0 bridgehead atoms. The van der Waals surface area contributed by atoms with Crippen LogP contribution in [0.25, 0.3) is 0 Å². The van der Waals surface area contributed by atoms with Crippen molar-refractivity contribution in [3.63, 3.8) is 0 Å². The molecule has 0 radical (unpaired) electrons. The molecule has 0 aromatic heterocycles. The van der Waals surface area contributed by atoms with Gasteiger partial charge in [-0.25, -0.2) is 0 Å². The number of methoxy groups -OCH3 is 3. The Hall–Kier alpha value is -4.86. The monoisotopic (exact) mass is 621 g/mol. The van der Waals surface area contributed by atoms with Crippen LogP contribution in [-0.2, 0) is 9.53 Å². The fourth-order valence-corrected chi connectivity index (χ4v) is 6.51. The lowest BCUT2D eigenvalue weighted by molar-refractivity contribution is -0.138. The van der Waals surface area contributed by atoms with E-state index in [-0.39, 0.29) is 24.6 Å². The van der Waals surface area contributed by atoms with E-state index < -0.39 is 12.1 Å². The predicted molar refractivity (Wildman–Crippen MR) is 174 cm³/mol. The largest absolute Gasteiger partial charge is 0.493 e. The van der Waals surface area contributed by atoms with Crippen molar-refractivity contribution < 1.29 is 28.5 Å². The zero-order valence-electron chi connectivity index (χ0n) is 26.4. The van der Waals surface area contributed by atoms with Gasteiger partial charge in [0.1, 0.15) is 18.9 Å². The summed E-state index contributed by atoms with van der Waals surface area (Å²) >= 11 is 0. The Kier molecular flexibility index (Phi) is 9.51. The maximum Gasteiger partial charge on any atom is 0.256 e. The molecular weight excluding hydrogens is 582 g/mol. The van der Waals surface area contributed by atoms with Gasteiger partial charge in [-0.05, 0) is 28.8 Å². The number of carbonyl (C=O) groups is 2. The van der Waals surface area contributed by atoms with Gasteiger partial charge in [-0.15, -0.1) is 0 Å². The number of benzene rings is 4. The molecule has 9 nitrogen and oxygen atoms in total. The van der Waals surface area contributed by atoms with Gasteiger partial charge in [0.05, 0.1) is 27.4 Å². The zero-order valence-corrected chi connectivity index (χ0v) is 26.4. The van der Waals surface area contributed by atoms with E-state index in [1.165, 1.54) is 37.4 Å². The topological polar surface area (TPSA) is 80.8 Å². The number of nitrogens with zero attached hydrogens (tertiary/aromatic N) is 3. The number of carbonyl (C=O) groups excluding carboxylic acids is 2. The van der Waals surface area contributed by atoms with Gasteiger partial charge in [-0.1, -0.05) is 91.0 Å². The molecule has 4 aromatic carbocycles. The highest BCUT2D eigenvalue weighted by Crippen LogP contribution is 2.40. The second-order valence-corrected chi connectivity index (χ2v) is 11.3. The van der Waals surface area contributed by atoms with Gasteiger partial charge in [0.2, 0.25) is 11.7 Å². The summed E-state index contributed by atoms with van der Waals surface area (Å²) in [5, 5.41) is 0. The minimum atomic E-state index is -0.848. The van der Waals surface area contributed by atoms with Gasteiger partial charge >= 0.3 is 0 Å². The van der Waals surface area contributed by atoms with Crippen LogP contribution in [0.2, 0.25) is 0 Å². The van der Waals surface area contributed by atoms with E-state index in [4.69, 9.17) is 18.9 Å². The van der Waals surface area contributed by atoms with Crippen LogP contribution in [0.4, 0.5) is 0 Å². The van der Waals surface area contributed by atoms with E-state index in [0.29, 0.717) is 49.0 Å². The Morgan fingerprint density at radius 3 is 1.74 bits per heavy atom. The molecule has 238 valence electrons. The van der Waals surface area contributed by atoms with E-state index in [2.05, 4.69) is 53.4 Å². The minimum absolute atomic E-state index is 0.0322. The Bertz CT molecular complexity index is 1560. The summed E-state index contributed by atoms with van der Waals surface area (Å²) in [5.41, 5.74) is 3.57. The summed E-state index contributed by atoms with van der Waals surface area (Å²) in [6.07, 6.45) is -0.612. The van der Waals surface area contributed by atoms with Crippen LogP contribution in [-0.4, -0.2) is 86.8 Å². The summed E-state index contributed by atoms with van der Waals surface area (Å²) in [4.78, 5) is 34.4. The SMILES string of the molecule is COc1cc(C(=O)N2COC(c3ccccc3)C2C(=O)N2CCN(C(c3ccccc3)c3ccccc3)CC2)cc(OC)c1OC. The van der Waals surface area contributed by atoms with Crippen LogP contribution >= 0.6 is 0 Å². The van der Waals surface area contributed by atoms with Crippen molar-refractivity contribution >= 4 is 11.8 Å². The number of hydrogen-bond donors (Lipinski definition) is 0. The van der Waals surface area contributed by atoms with Crippen molar-refractivity contribution in [3.8, 4) is 17.2 Å². The van der Waals surface area contributed by atoms with Crippen LogP contribution in [0.15, 0.2) is 103 Å². The highest BCUT2D eigenvalue weighted by atomic mass is 16.5. The number of ether oxygens (including phenoxy) is 4. The molecule has 6 rings (SSSR count). The molecule has 46 heavy (non-hydrogen) atoms. The predicted octanol–water partition coefficient (Wildman–Crippen LogP) is 5.19. The molecule has 2 fully saturated rings. The third-order valence-electron chi connectivity index (χ3n) is 8.79. The number of rotatable bonds is 9. The van der Waals surface area contributed by atoms with Crippen LogP contribution in [0.1, 0.15) is 39.2 Å². The average molecular weight is 622 g/mol. The first kappa shape index (κ1) is 31.1. The zero-order chi connectivity index (χ0) is 32.0. The van der Waals surface area contributed by atoms with Gasteiger partial charge in [0.15, 0.2) is 11.5 Å². The van der Waals surface area contributed by atoms with E-state index in [9.17, 15) is 9.59 Å². The third kappa shape index (κ3) is 6.16. The lowest BCUT2D eigenvalue weighted by Crippen LogP contribution is -2.56. The Morgan fingerprint density at radius 1 is 0.717 bits per heavy atom. The molecule has 2 saturated heterocycles. The number of hydrogen-bond acceptors (Lipinski definition) is 7. The second kappa shape index (κ2) is 14.1. The van der Waals surface area contributed by atoms with Gasteiger partial charge in [-0.2, -0.15) is 0 Å². The first-order valence-electron chi connectivity index (χ1n) is 15.4. The first-order chi connectivity index (χ1) is 22.5. The van der Waals surface area contributed by atoms with Crippen LogP contribution in [0, 0.1) is 0 Å². The standard InChI is InChI=1S/C37H39N3O6/c1-43-30-23-29(24-31(44-2)35(30)45-3)36(41)40-25-46-34(28-17-11-6-12-18-28)33(40)37(42)39-21-19-38(20-22-39)32(26-13-7-4-8-14-26)27-15-9-5-10-16-27/h4-18,23-24,32-34H,19-22,25H2,1-3H3. The third-order valence-corrected chi connectivity index (χ3v) is 8.79. The molecule has 2 atom stereocenters. The summed E-state index contributed by atoms with van der Waals surface area (Å²) in [6, 6.07) is 33.0. The maximum absolute atomic E-state index is 14.5.